The van der Waals surface area contributed by atoms with Gasteiger partial charge in [0.25, 0.3) is 0 Å². The van der Waals surface area contributed by atoms with Gasteiger partial charge in [0.05, 0.1) is 0 Å². The van der Waals surface area contributed by atoms with Crippen LogP contribution in [0.5, 0.6) is 0 Å². The first-order chi connectivity index (χ1) is 7.84. The first-order valence-corrected chi connectivity index (χ1v) is 5.65. The van der Waals surface area contributed by atoms with Gasteiger partial charge in [-0.25, -0.2) is 0 Å². The van der Waals surface area contributed by atoms with Gasteiger partial charge in [0.1, 0.15) is 6.04 Å². The summed E-state index contributed by atoms with van der Waals surface area (Å²) in [4.78, 5) is 32.7. The lowest BCUT2D eigenvalue weighted by atomic mass is 10.0. The molecule has 1 atom stereocenters. The van der Waals surface area contributed by atoms with Gasteiger partial charge in [-0.15, -0.1) is 0 Å². The van der Waals surface area contributed by atoms with Crippen LogP contribution in [0.1, 0.15) is 39.5 Å². The molecule has 0 heterocycles. The fraction of sp³-hybridized carbons (Fsp3) is 0.727. The van der Waals surface area contributed by atoms with Crippen molar-refractivity contribution in [3.8, 4) is 0 Å². The summed E-state index contributed by atoms with van der Waals surface area (Å²) in [7, 11) is 0. The van der Waals surface area contributed by atoms with Crippen molar-refractivity contribution in [3.63, 3.8) is 0 Å². The SMILES string of the molecule is CC(C)C(NC(=O)CCCCC(=O)O)C(N)=O. The summed E-state index contributed by atoms with van der Waals surface area (Å²) in [6.07, 6.45) is 1.20. The Balaban J connectivity index is 3.91. The maximum Gasteiger partial charge on any atom is 0.303 e. The summed E-state index contributed by atoms with van der Waals surface area (Å²) in [5.74, 6) is -1.76. The quantitative estimate of drug-likeness (QED) is 0.532. The van der Waals surface area contributed by atoms with Gasteiger partial charge in [-0.3, -0.25) is 14.4 Å². The minimum Gasteiger partial charge on any atom is -0.481 e. The average molecular weight is 244 g/mol. The molecule has 0 saturated carbocycles. The van der Waals surface area contributed by atoms with Crippen molar-refractivity contribution in [1.82, 2.24) is 5.32 Å². The molecule has 17 heavy (non-hydrogen) atoms. The molecule has 0 aromatic carbocycles. The molecule has 0 rings (SSSR count). The van der Waals surface area contributed by atoms with Crippen LogP contribution < -0.4 is 11.1 Å². The van der Waals surface area contributed by atoms with E-state index < -0.39 is 17.9 Å². The number of carboxylic acid groups (broad SMARTS) is 1. The Kier molecular flexibility index (Phi) is 6.93. The largest absolute Gasteiger partial charge is 0.481 e. The fourth-order valence-corrected chi connectivity index (χ4v) is 1.37. The van der Waals surface area contributed by atoms with E-state index in [1.807, 2.05) is 0 Å². The van der Waals surface area contributed by atoms with E-state index in [2.05, 4.69) is 5.32 Å². The summed E-state index contributed by atoms with van der Waals surface area (Å²) in [5.41, 5.74) is 5.15. The second-order valence-corrected chi connectivity index (χ2v) is 4.29. The zero-order valence-corrected chi connectivity index (χ0v) is 10.2. The molecule has 4 N–H and O–H groups in total. The highest BCUT2D eigenvalue weighted by atomic mass is 16.4. The number of primary amides is 1. The smallest absolute Gasteiger partial charge is 0.303 e. The number of amides is 2. The van der Waals surface area contributed by atoms with Gasteiger partial charge in [0.15, 0.2) is 0 Å². The van der Waals surface area contributed by atoms with Crippen LogP contribution in [0.15, 0.2) is 0 Å². The molecule has 0 aliphatic heterocycles. The van der Waals surface area contributed by atoms with Gasteiger partial charge >= 0.3 is 5.97 Å². The maximum absolute atomic E-state index is 11.4. The first kappa shape index (κ1) is 15.4. The van der Waals surface area contributed by atoms with E-state index in [-0.39, 0.29) is 24.7 Å². The molecule has 0 aromatic rings. The van der Waals surface area contributed by atoms with Gasteiger partial charge in [-0.05, 0) is 18.8 Å². The van der Waals surface area contributed by atoms with Gasteiger partial charge in [0.2, 0.25) is 11.8 Å². The lowest BCUT2D eigenvalue weighted by Crippen LogP contribution is -2.47. The highest BCUT2D eigenvalue weighted by Crippen LogP contribution is 2.04. The average Bonchev–Trinajstić information content (AvgIpc) is 2.19. The Bertz CT molecular complexity index is 289. The molecule has 98 valence electrons. The van der Waals surface area contributed by atoms with E-state index >= 15 is 0 Å². The Morgan fingerprint density at radius 1 is 1.18 bits per heavy atom. The summed E-state index contributed by atoms with van der Waals surface area (Å²) >= 11 is 0. The summed E-state index contributed by atoms with van der Waals surface area (Å²) in [5, 5.41) is 11.0. The number of carbonyl (C=O) groups excluding carboxylic acids is 2. The molecule has 0 aliphatic carbocycles. The van der Waals surface area contributed by atoms with Crippen molar-refractivity contribution in [2.24, 2.45) is 11.7 Å². The molecule has 0 saturated heterocycles. The lowest BCUT2D eigenvalue weighted by Gasteiger charge is -2.18. The van der Waals surface area contributed by atoms with Gasteiger partial charge in [0, 0.05) is 12.8 Å². The third-order valence-electron chi connectivity index (χ3n) is 2.33. The zero-order valence-electron chi connectivity index (χ0n) is 10.2. The third-order valence-corrected chi connectivity index (χ3v) is 2.33. The second-order valence-electron chi connectivity index (χ2n) is 4.29. The van der Waals surface area contributed by atoms with Gasteiger partial charge < -0.3 is 16.2 Å². The van der Waals surface area contributed by atoms with Crippen molar-refractivity contribution in [3.05, 3.63) is 0 Å². The summed E-state index contributed by atoms with van der Waals surface area (Å²) in [6.45, 7) is 3.58. The molecule has 2 amide bonds. The van der Waals surface area contributed by atoms with Crippen LogP contribution in [0.2, 0.25) is 0 Å². The highest BCUT2D eigenvalue weighted by Gasteiger charge is 2.21. The molecular formula is C11H20N2O4. The van der Waals surface area contributed by atoms with E-state index in [0.717, 1.165) is 0 Å². The first-order valence-electron chi connectivity index (χ1n) is 5.65. The van der Waals surface area contributed by atoms with Crippen LogP contribution in [0.3, 0.4) is 0 Å². The van der Waals surface area contributed by atoms with Crippen LogP contribution in [-0.2, 0) is 14.4 Å². The molecule has 6 nitrogen and oxygen atoms in total. The van der Waals surface area contributed by atoms with Crippen molar-refractivity contribution in [2.45, 2.75) is 45.6 Å². The maximum atomic E-state index is 11.4. The molecule has 0 spiro atoms. The number of rotatable bonds is 8. The van der Waals surface area contributed by atoms with Crippen molar-refractivity contribution < 1.29 is 19.5 Å². The normalized spacial score (nSPS) is 12.2. The number of carboxylic acids is 1. The van der Waals surface area contributed by atoms with Gasteiger partial charge in [-0.2, -0.15) is 0 Å². The topological polar surface area (TPSA) is 109 Å². The number of hydrogen-bond acceptors (Lipinski definition) is 3. The lowest BCUT2D eigenvalue weighted by molar-refractivity contribution is -0.137. The Labute approximate surface area is 101 Å². The van der Waals surface area contributed by atoms with E-state index in [4.69, 9.17) is 10.8 Å². The summed E-state index contributed by atoms with van der Waals surface area (Å²) in [6, 6.07) is -0.665. The zero-order chi connectivity index (χ0) is 13.4. The van der Waals surface area contributed by atoms with E-state index in [1.54, 1.807) is 13.8 Å². The molecule has 1 unspecified atom stereocenters. The van der Waals surface area contributed by atoms with Gasteiger partial charge in [-0.1, -0.05) is 13.8 Å². The van der Waals surface area contributed by atoms with E-state index in [1.165, 1.54) is 0 Å². The molecule has 0 aromatic heterocycles. The summed E-state index contributed by atoms with van der Waals surface area (Å²) < 4.78 is 0. The van der Waals surface area contributed by atoms with E-state index in [9.17, 15) is 14.4 Å². The minimum atomic E-state index is -0.873. The molecular weight excluding hydrogens is 224 g/mol. The predicted octanol–water partition coefficient (Wildman–Crippen LogP) is 0.258. The van der Waals surface area contributed by atoms with Crippen molar-refractivity contribution in [2.75, 3.05) is 0 Å². The number of unbranched alkanes of at least 4 members (excludes halogenated alkanes) is 1. The molecule has 0 bridgehead atoms. The number of hydrogen-bond donors (Lipinski definition) is 3. The monoisotopic (exact) mass is 244 g/mol. The Morgan fingerprint density at radius 3 is 2.12 bits per heavy atom. The van der Waals surface area contributed by atoms with Crippen molar-refractivity contribution >= 4 is 17.8 Å². The fourth-order valence-electron chi connectivity index (χ4n) is 1.37. The highest BCUT2D eigenvalue weighted by molar-refractivity contribution is 5.86. The molecule has 6 heteroatoms. The third kappa shape index (κ3) is 7.32. The Morgan fingerprint density at radius 2 is 1.71 bits per heavy atom. The van der Waals surface area contributed by atoms with Crippen LogP contribution in [0.25, 0.3) is 0 Å². The Hall–Kier alpha value is -1.59. The predicted molar refractivity (Wildman–Crippen MR) is 62.1 cm³/mol. The molecule has 0 fully saturated rings. The number of carbonyl (C=O) groups is 3. The van der Waals surface area contributed by atoms with E-state index in [0.29, 0.717) is 12.8 Å². The van der Waals surface area contributed by atoms with Crippen LogP contribution in [0, 0.1) is 5.92 Å². The van der Waals surface area contributed by atoms with Crippen LogP contribution in [0.4, 0.5) is 0 Å². The minimum absolute atomic E-state index is 0.0523. The second kappa shape index (κ2) is 7.65. The number of aliphatic carboxylic acids is 1. The standard InChI is InChI=1S/C11H20N2O4/c1-7(2)10(11(12)17)13-8(14)5-3-4-6-9(15)16/h7,10H,3-6H2,1-2H3,(H2,12,17)(H,13,14)(H,15,16). The molecule has 0 radical (unpaired) electrons. The number of nitrogens with one attached hydrogen (secondary N) is 1. The van der Waals surface area contributed by atoms with Crippen molar-refractivity contribution in [1.29, 1.82) is 0 Å². The number of nitrogens with two attached hydrogens (primary N) is 1. The van der Waals surface area contributed by atoms with Crippen LogP contribution in [-0.4, -0.2) is 28.9 Å². The molecule has 0 aliphatic rings. The van der Waals surface area contributed by atoms with Crippen LogP contribution >= 0.6 is 0 Å².